The molecule has 2 aromatic heterocycles. The molecule has 2 N–H and O–H groups in total. The highest BCUT2D eigenvalue weighted by Crippen LogP contribution is 2.08. The molecule has 0 bridgehead atoms. The molecule has 0 radical (unpaired) electrons. The van der Waals surface area contributed by atoms with Gasteiger partial charge < -0.3 is 5.11 Å². The number of aromatic nitrogens is 3. The summed E-state index contributed by atoms with van der Waals surface area (Å²) in [7, 11) is 0. The van der Waals surface area contributed by atoms with Crippen LogP contribution < -0.4 is 5.32 Å². The number of hydrogen-bond acceptors (Lipinski definition) is 5. The van der Waals surface area contributed by atoms with Crippen molar-refractivity contribution >= 4 is 11.9 Å². The molecular formula is C14H12N4O2. The summed E-state index contributed by atoms with van der Waals surface area (Å²) >= 11 is 0. The van der Waals surface area contributed by atoms with E-state index >= 15 is 0 Å². The highest BCUT2D eigenvalue weighted by molar-refractivity contribution is 6.04. The first kappa shape index (κ1) is 13.6. The van der Waals surface area contributed by atoms with Gasteiger partial charge in [0.15, 0.2) is 0 Å². The second-order valence-corrected chi connectivity index (χ2v) is 3.72. The molecule has 0 saturated carbocycles. The van der Waals surface area contributed by atoms with Gasteiger partial charge in [0.25, 0.3) is 5.91 Å². The van der Waals surface area contributed by atoms with E-state index in [0.29, 0.717) is 17.5 Å². The number of carbonyl (C=O) groups is 1. The molecule has 0 fully saturated rings. The Morgan fingerprint density at radius 1 is 1.30 bits per heavy atom. The van der Waals surface area contributed by atoms with Gasteiger partial charge in [-0.1, -0.05) is 11.8 Å². The van der Waals surface area contributed by atoms with Crippen molar-refractivity contribution in [3.63, 3.8) is 0 Å². The number of aliphatic hydroxyl groups is 1. The minimum Gasteiger partial charge on any atom is -0.395 e. The molecule has 0 saturated heterocycles. The fourth-order valence-corrected chi connectivity index (χ4v) is 1.44. The Morgan fingerprint density at radius 3 is 2.85 bits per heavy atom. The van der Waals surface area contributed by atoms with Crippen molar-refractivity contribution < 1.29 is 9.90 Å². The normalized spacial score (nSPS) is 9.45. The van der Waals surface area contributed by atoms with E-state index < -0.39 is 0 Å². The molecule has 6 nitrogen and oxygen atoms in total. The largest absolute Gasteiger partial charge is 0.395 e. The van der Waals surface area contributed by atoms with Crippen molar-refractivity contribution in [3.8, 4) is 11.8 Å². The van der Waals surface area contributed by atoms with Crippen LogP contribution in [0.3, 0.4) is 0 Å². The molecule has 0 aliphatic heterocycles. The molecule has 2 aromatic rings. The van der Waals surface area contributed by atoms with Crippen LogP contribution >= 0.6 is 0 Å². The highest BCUT2D eigenvalue weighted by atomic mass is 16.2. The van der Waals surface area contributed by atoms with Crippen molar-refractivity contribution in [1.82, 2.24) is 15.0 Å². The molecule has 100 valence electrons. The second kappa shape index (κ2) is 6.97. The topological polar surface area (TPSA) is 88.0 Å². The molecular weight excluding hydrogens is 256 g/mol. The summed E-state index contributed by atoms with van der Waals surface area (Å²) < 4.78 is 0. The van der Waals surface area contributed by atoms with E-state index in [2.05, 4.69) is 32.1 Å². The average Bonchev–Trinajstić information content (AvgIpc) is 2.49. The average molecular weight is 268 g/mol. The van der Waals surface area contributed by atoms with E-state index in [1.807, 2.05) is 0 Å². The smallest absolute Gasteiger partial charge is 0.259 e. The maximum Gasteiger partial charge on any atom is 0.259 e. The maximum absolute atomic E-state index is 12.1. The Kier molecular flexibility index (Phi) is 4.76. The number of hydrogen-bond donors (Lipinski definition) is 2. The van der Waals surface area contributed by atoms with Crippen molar-refractivity contribution in [2.24, 2.45) is 0 Å². The van der Waals surface area contributed by atoms with Gasteiger partial charge in [0, 0.05) is 31.2 Å². The molecule has 0 aliphatic rings. The first-order valence-electron chi connectivity index (χ1n) is 5.93. The standard InChI is InChI=1S/C14H12N4O2/c19-9-2-1-4-11-10-15-8-5-12(11)13(20)18-14-16-6-3-7-17-14/h3,5-8,10,19H,2,9H2,(H,16,17,18,20). The van der Waals surface area contributed by atoms with E-state index in [1.54, 1.807) is 12.1 Å². The molecule has 0 unspecified atom stereocenters. The predicted octanol–water partition coefficient (Wildman–Crippen LogP) is 0.858. The van der Waals surface area contributed by atoms with Gasteiger partial charge in [-0.25, -0.2) is 9.97 Å². The lowest BCUT2D eigenvalue weighted by atomic mass is 10.1. The van der Waals surface area contributed by atoms with Crippen LogP contribution in [0.5, 0.6) is 0 Å². The summed E-state index contributed by atoms with van der Waals surface area (Å²) in [4.78, 5) is 23.9. The summed E-state index contributed by atoms with van der Waals surface area (Å²) in [5, 5.41) is 11.3. The van der Waals surface area contributed by atoms with Crippen LogP contribution in [0.1, 0.15) is 22.3 Å². The van der Waals surface area contributed by atoms with Crippen LogP contribution in [-0.2, 0) is 0 Å². The number of pyridine rings is 1. The molecule has 6 heteroatoms. The van der Waals surface area contributed by atoms with Gasteiger partial charge in [0.05, 0.1) is 17.7 Å². The Balaban J connectivity index is 2.20. The van der Waals surface area contributed by atoms with E-state index in [1.165, 1.54) is 24.8 Å². The summed E-state index contributed by atoms with van der Waals surface area (Å²) in [6, 6.07) is 3.23. The third-order valence-electron chi connectivity index (χ3n) is 2.32. The fraction of sp³-hybridized carbons (Fsp3) is 0.143. The lowest BCUT2D eigenvalue weighted by molar-refractivity contribution is 0.102. The van der Waals surface area contributed by atoms with Crippen molar-refractivity contribution in [2.75, 3.05) is 11.9 Å². The molecule has 2 heterocycles. The molecule has 2 rings (SSSR count). The lowest BCUT2D eigenvalue weighted by Gasteiger charge is -2.04. The van der Waals surface area contributed by atoms with Gasteiger partial charge in [-0.05, 0) is 12.1 Å². The molecule has 0 aromatic carbocycles. The molecule has 20 heavy (non-hydrogen) atoms. The third-order valence-corrected chi connectivity index (χ3v) is 2.32. The number of nitrogens with zero attached hydrogens (tertiary/aromatic N) is 3. The van der Waals surface area contributed by atoms with Gasteiger partial charge in [-0.15, -0.1) is 0 Å². The van der Waals surface area contributed by atoms with E-state index in [4.69, 9.17) is 5.11 Å². The zero-order chi connectivity index (χ0) is 14.2. The third kappa shape index (κ3) is 3.60. The van der Waals surface area contributed by atoms with Crippen LogP contribution in [0.2, 0.25) is 0 Å². The Hall–Kier alpha value is -2.78. The quantitative estimate of drug-likeness (QED) is 0.806. The summed E-state index contributed by atoms with van der Waals surface area (Å²) in [6.45, 7) is -0.0212. The number of aliphatic hydroxyl groups excluding tert-OH is 1. The van der Waals surface area contributed by atoms with Crippen molar-refractivity contribution in [1.29, 1.82) is 0 Å². The van der Waals surface area contributed by atoms with Gasteiger partial charge in [0.2, 0.25) is 5.95 Å². The van der Waals surface area contributed by atoms with Gasteiger partial charge >= 0.3 is 0 Å². The van der Waals surface area contributed by atoms with E-state index in [9.17, 15) is 4.79 Å². The molecule has 1 amide bonds. The molecule has 0 atom stereocenters. The van der Waals surface area contributed by atoms with Crippen LogP contribution in [-0.4, -0.2) is 32.6 Å². The van der Waals surface area contributed by atoms with Crippen LogP contribution in [0.15, 0.2) is 36.9 Å². The molecule has 0 spiro atoms. The minimum atomic E-state index is -0.355. The summed E-state index contributed by atoms with van der Waals surface area (Å²) in [6.07, 6.45) is 6.44. The SMILES string of the molecule is O=C(Nc1ncccn1)c1ccncc1C#CCCO. The maximum atomic E-state index is 12.1. The number of carbonyl (C=O) groups excluding carboxylic acids is 1. The zero-order valence-electron chi connectivity index (χ0n) is 10.6. The lowest BCUT2D eigenvalue weighted by Crippen LogP contribution is -2.15. The summed E-state index contributed by atoms with van der Waals surface area (Å²) in [5.74, 6) is 5.44. The van der Waals surface area contributed by atoms with Crippen LogP contribution in [0.25, 0.3) is 0 Å². The number of nitrogens with one attached hydrogen (secondary N) is 1. The van der Waals surface area contributed by atoms with E-state index in [-0.39, 0.29) is 18.5 Å². The Morgan fingerprint density at radius 2 is 2.10 bits per heavy atom. The fourth-order valence-electron chi connectivity index (χ4n) is 1.44. The monoisotopic (exact) mass is 268 g/mol. The first-order chi connectivity index (χ1) is 9.81. The zero-order valence-corrected chi connectivity index (χ0v) is 10.6. The second-order valence-electron chi connectivity index (χ2n) is 3.72. The Labute approximate surface area is 115 Å². The molecule has 0 aliphatic carbocycles. The van der Waals surface area contributed by atoms with Crippen LogP contribution in [0, 0.1) is 11.8 Å². The van der Waals surface area contributed by atoms with E-state index in [0.717, 1.165) is 0 Å². The Bertz CT molecular complexity index is 647. The summed E-state index contributed by atoms with van der Waals surface area (Å²) in [5.41, 5.74) is 0.882. The van der Waals surface area contributed by atoms with Crippen LogP contribution in [0.4, 0.5) is 5.95 Å². The number of rotatable bonds is 3. The first-order valence-corrected chi connectivity index (χ1v) is 5.93. The predicted molar refractivity (Wildman–Crippen MR) is 72.8 cm³/mol. The minimum absolute atomic E-state index is 0.0212. The van der Waals surface area contributed by atoms with Gasteiger partial charge in [-0.2, -0.15) is 0 Å². The van der Waals surface area contributed by atoms with Gasteiger partial charge in [0.1, 0.15) is 0 Å². The van der Waals surface area contributed by atoms with Gasteiger partial charge in [-0.3, -0.25) is 15.1 Å². The highest BCUT2D eigenvalue weighted by Gasteiger charge is 2.11. The number of amides is 1. The van der Waals surface area contributed by atoms with Crippen molar-refractivity contribution in [2.45, 2.75) is 6.42 Å². The van der Waals surface area contributed by atoms with Crippen molar-refractivity contribution in [3.05, 3.63) is 48.0 Å². The number of anilines is 1.